The summed E-state index contributed by atoms with van der Waals surface area (Å²) in [5.74, 6) is 0.539. The highest BCUT2D eigenvalue weighted by Crippen LogP contribution is 2.16. The molecule has 1 saturated heterocycles. The standard InChI is InChI=1S/C13H20N4OS.ClH/c1-9-6-10(2)16-13(15-9)19-8-12(18)17(3)11-4-5-14-7-11;/h6,11,14H,4-5,7-8H2,1-3H3;1H. The van der Waals surface area contributed by atoms with Gasteiger partial charge in [0.15, 0.2) is 5.16 Å². The zero-order valence-electron chi connectivity index (χ0n) is 12.0. The molecule has 2 rings (SSSR count). The van der Waals surface area contributed by atoms with Gasteiger partial charge < -0.3 is 10.2 Å². The average molecular weight is 317 g/mol. The van der Waals surface area contributed by atoms with Gasteiger partial charge >= 0.3 is 0 Å². The van der Waals surface area contributed by atoms with Crippen molar-refractivity contribution in [1.29, 1.82) is 0 Å². The van der Waals surface area contributed by atoms with Crippen LogP contribution in [0.1, 0.15) is 17.8 Å². The van der Waals surface area contributed by atoms with E-state index in [2.05, 4.69) is 15.3 Å². The van der Waals surface area contributed by atoms with Crippen molar-refractivity contribution in [3.8, 4) is 0 Å². The lowest BCUT2D eigenvalue weighted by Gasteiger charge is -2.23. The normalized spacial score (nSPS) is 17.6. The van der Waals surface area contributed by atoms with Crippen LogP contribution < -0.4 is 5.32 Å². The number of rotatable bonds is 4. The number of amides is 1. The third kappa shape index (κ3) is 4.61. The van der Waals surface area contributed by atoms with E-state index in [-0.39, 0.29) is 18.3 Å². The molecule has 20 heavy (non-hydrogen) atoms. The number of nitrogens with one attached hydrogen (secondary N) is 1. The summed E-state index contributed by atoms with van der Waals surface area (Å²) in [4.78, 5) is 22.6. The summed E-state index contributed by atoms with van der Waals surface area (Å²) < 4.78 is 0. The Morgan fingerprint density at radius 1 is 1.45 bits per heavy atom. The van der Waals surface area contributed by atoms with Gasteiger partial charge in [0.25, 0.3) is 0 Å². The highest BCUT2D eigenvalue weighted by atomic mass is 35.5. The van der Waals surface area contributed by atoms with E-state index in [0.717, 1.165) is 30.9 Å². The van der Waals surface area contributed by atoms with Gasteiger partial charge in [-0.3, -0.25) is 4.79 Å². The largest absolute Gasteiger partial charge is 0.341 e. The fraction of sp³-hybridized carbons (Fsp3) is 0.615. The van der Waals surface area contributed by atoms with Gasteiger partial charge in [0, 0.05) is 31.0 Å². The smallest absolute Gasteiger partial charge is 0.233 e. The fourth-order valence-corrected chi connectivity index (χ4v) is 3.03. The number of nitrogens with zero attached hydrogens (tertiary/aromatic N) is 3. The van der Waals surface area contributed by atoms with Crippen LogP contribution in [0.25, 0.3) is 0 Å². The molecule has 112 valence electrons. The molecule has 1 aliphatic heterocycles. The zero-order valence-corrected chi connectivity index (χ0v) is 13.7. The van der Waals surface area contributed by atoms with Gasteiger partial charge in [-0.2, -0.15) is 0 Å². The van der Waals surface area contributed by atoms with E-state index in [1.807, 2.05) is 31.9 Å². The number of carbonyl (C=O) groups excluding carboxylic acids is 1. The molecule has 1 aromatic rings. The van der Waals surface area contributed by atoms with E-state index in [4.69, 9.17) is 0 Å². The molecular formula is C13H21ClN4OS. The van der Waals surface area contributed by atoms with Crippen LogP contribution in [-0.2, 0) is 4.79 Å². The third-order valence-corrected chi connectivity index (χ3v) is 4.09. The van der Waals surface area contributed by atoms with Crippen molar-refractivity contribution >= 4 is 30.1 Å². The molecule has 0 radical (unpaired) electrons. The van der Waals surface area contributed by atoms with E-state index < -0.39 is 0 Å². The van der Waals surface area contributed by atoms with Crippen LogP contribution in [0.5, 0.6) is 0 Å². The number of halogens is 1. The lowest BCUT2D eigenvalue weighted by Crippen LogP contribution is -2.39. The molecule has 0 bridgehead atoms. The van der Waals surface area contributed by atoms with Gasteiger partial charge in [-0.15, -0.1) is 12.4 Å². The number of likely N-dealkylation sites (N-methyl/N-ethyl adjacent to an activating group) is 1. The second kappa shape index (κ2) is 7.81. The number of carbonyl (C=O) groups is 1. The van der Waals surface area contributed by atoms with Crippen molar-refractivity contribution < 1.29 is 4.79 Å². The van der Waals surface area contributed by atoms with E-state index >= 15 is 0 Å². The summed E-state index contributed by atoms with van der Waals surface area (Å²) in [5.41, 5.74) is 1.88. The molecule has 1 aliphatic rings. The lowest BCUT2D eigenvalue weighted by atomic mass is 10.2. The number of hydrogen-bond donors (Lipinski definition) is 1. The van der Waals surface area contributed by atoms with E-state index in [9.17, 15) is 4.79 Å². The molecule has 1 fully saturated rings. The van der Waals surface area contributed by atoms with Gasteiger partial charge in [-0.1, -0.05) is 11.8 Å². The molecule has 1 aromatic heterocycles. The van der Waals surface area contributed by atoms with E-state index in [0.29, 0.717) is 17.0 Å². The van der Waals surface area contributed by atoms with Crippen molar-refractivity contribution in [3.05, 3.63) is 17.5 Å². The van der Waals surface area contributed by atoms with Crippen LogP contribution in [0, 0.1) is 13.8 Å². The quantitative estimate of drug-likeness (QED) is 0.672. The number of aryl methyl sites for hydroxylation is 2. The van der Waals surface area contributed by atoms with Crippen LogP contribution >= 0.6 is 24.2 Å². The predicted molar refractivity (Wildman–Crippen MR) is 83.5 cm³/mol. The molecule has 1 unspecified atom stereocenters. The number of thioether (sulfide) groups is 1. The summed E-state index contributed by atoms with van der Waals surface area (Å²) in [5, 5.41) is 3.96. The van der Waals surface area contributed by atoms with E-state index in [1.165, 1.54) is 11.8 Å². The van der Waals surface area contributed by atoms with Crippen LogP contribution in [0.15, 0.2) is 11.2 Å². The Kier molecular flexibility index (Phi) is 6.71. The van der Waals surface area contributed by atoms with Gasteiger partial charge in [0.2, 0.25) is 5.91 Å². The average Bonchev–Trinajstić information content (AvgIpc) is 2.87. The van der Waals surface area contributed by atoms with Crippen LogP contribution in [0.2, 0.25) is 0 Å². The summed E-state index contributed by atoms with van der Waals surface area (Å²) in [6, 6.07) is 2.26. The minimum absolute atomic E-state index is 0. The van der Waals surface area contributed by atoms with Crippen molar-refractivity contribution in [2.24, 2.45) is 0 Å². The topological polar surface area (TPSA) is 58.1 Å². The minimum Gasteiger partial charge on any atom is -0.341 e. The molecule has 2 heterocycles. The molecule has 0 spiro atoms. The monoisotopic (exact) mass is 316 g/mol. The van der Waals surface area contributed by atoms with Gasteiger partial charge in [-0.05, 0) is 32.9 Å². The predicted octanol–water partition coefficient (Wildman–Crippen LogP) is 1.43. The Balaban J connectivity index is 0.00000200. The van der Waals surface area contributed by atoms with E-state index in [1.54, 1.807) is 0 Å². The number of aromatic nitrogens is 2. The van der Waals surface area contributed by atoms with Crippen molar-refractivity contribution in [3.63, 3.8) is 0 Å². The molecule has 0 aliphatic carbocycles. The van der Waals surface area contributed by atoms with Gasteiger partial charge in [0.1, 0.15) is 0 Å². The van der Waals surface area contributed by atoms with Crippen molar-refractivity contribution in [1.82, 2.24) is 20.2 Å². The Labute approximate surface area is 130 Å². The van der Waals surface area contributed by atoms with Crippen LogP contribution in [0.3, 0.4) is 0 Å². The maximum absolute atomic E-state index is 12.1. The maximum Gasteiger partial charge on any atom is 0.233 e. The first kappa shape index (κ1) is 17.2. The van der Waals surface area contributed by atoms with Gasteiger partial charge in [0.05, 0.1) is 5.75 Å². The molecule has 1 atom stereocenters. The lowest BCUT2D eigenvalue weighted by molar-refractivity contribution is -0.128. The minimum atomic E-state index is 0. The summed E-state index contributed by atoms with van der Waals surface area (Å²) in [7, 11) is 1.88. The molecule has 0 saturated carbocycles. The second-order valence-corrected chi connectivity index (χ2v) is 5.82. The van der Waals surface area contributed by atoms with Gasteiger partial charge in [-0.25, -0.2) is 9.97 Å². The molecule has 0 aromatic carbocycles. The molecule has 5 nitrogen and oxygen atoms in total. The fourth-order valence-electron chi connectivity index (χ4n) is 2.16. The third-order valence-electron chi connectivity index (χ3n) is 3.26. The first-order valence-electron chi connectivity index (χ1n) is 6.47. The second-order valence-electron chi connectivity index (χ2n) is 4.87. The zero-order chi connectivity index (χ0) is 13.8. The Bertz CT molecular complexity index is 445. The summed E-state index contributed by atoms with van der Waals surface area (Å²) in [6.07, 6.45) is 1.03. The Hall–Kier alpha value is -0.850. The summed E-state index contributed by atoms with van der Waals surface area (Å²) >= 11 is 1.41. The summed E-state index contributed by atoms with van der Waals surface area (Å²) in [6.45, 7) is 5.77. The van der Waals surface area contributed by atoms with Crippen LogP contribution in [0.4, 0.5) is 0 Å². The molecule has 1 N–H and O–H groups in total. The highest BCUT2D eigenvalue weighted by Gasteiger charge is 2.23. The SMILES string of the molecule is Cc1cc(C)nc(SCC(=O)N(C)C2CCNC2)n1.Cl. The Morgan fingerprint density at radius 2 is 2.10 bits per heavy atom. The first-order valence-corrected chi connectivity index (χ1v) is 7.46. The van der Waals surface area contributed by atoms with Crippen LogP contribution in [-0.4, -0.2) is 52.7 Å². The number of hydrogen-bond acceptors (Lipinski definition) is 5. The van der Waals surface area contributed by atoms with Crippen molar-refractivity contribution in [2.45, 2.75) is 31.5 Å². The molecule has 7 heteroatoms. The first-order chi connectivity index (χ1) is 9.06. The highest BCUT2D eigenvalue weighted by molar-refractivity contribution is 7.99. The Morgan fingerprint density at radius 3 is 2.65 bits per heavy atom. The molecular weight excluding hydrogens is 296 g/mol. The van der Waals surface area contributed by atoms with Crippen molar-refractivity contribution in [2.75, 3.05) is 25.9 Å². The molecule has 1 amide bonds. The maximum atomic E-state index is 12.1.